The number of methoxy groups -OCH3 is 1. The first kappa shape index (κ1) is 19.2. The van der Waals surface area contributed by atoms with Crippen molar-refractivity contribution < 1.29 is 14.6 Å². The Labute approximate surface area is 170 Å². The molecular weight excluding hydrogens is 388 g/mol. The van der Waals surface area contributed by atoms with Gasteiger partial charge in [0, 0.05) is 11.3 Å². The summed E-state index contributed by atoms with van der Waals surface area (Å²) in [6, 6.07) is 14.1. The van der Waals surface area contributed by atoms with E-state index in [1.165, 1.54) is 11.7 Å². The van der Waals surface area contributed by atoms with Crippen molar-refractivity contribution in [3.63, 3.8) is 0 Å². The lowest BCUT2D eigenvalue weighted by atomic mass is 10.2. The number of fused-ring (bicyclic) bond motifs is 1. The number of carbonyl (C=O) groups excluding carboxylic acids is 1. The number of aliphatic hydroxyl groups excluding tert-OH is 1. The summed E-state index contributed by atoms with van der Waals surface area (Å²) in [5.74, 6) is 0.740. The summed E-state index contributed by atoms with van der Waals surface area (Å²) in [6.07, 6.45) is 0.464. The quantitative estimate of drug-likeness (QED) is 0.345. The van der Waals surface area contributed by atoms with E-state index in [1.807, 2.05) is 0 Å². The highest BCUT2D eigenvalue weighted by atomic mass is 16.5. The molecule has 0 atom stereocenters. The van der Waals surface area contributed by atoms with Crippen molar-refractivity contribution in [3.8, 4) is 11.4 Å². The smallest absolute Gasteiger partial charge is 0.332 e. The molecule has 1 amide bonds. The minimum atomic E-state index is -0.467. The van der Waals surface area contributed by atoms with Gasteiger partial charge in [-0.15, -0.1) is 0 Å². The lowest BCUT2D eigenvalue weighted by Crippen LogP contribution is -2.16. The molecule has 0 aliphatic heterocycles. The second-order valence-electron chi connectivity index (χ2n) is 6.23. The Morgan fingerprint density at radius 2 is 1.93 bits per heavy atom. The van der Waals surface area contributed by atoms with Gasteiger partial charge in [-0.1, -0.05) is 30.3 Å². The zero-order valence-corrected chi connectivity index (χ0v) is 15.9. The van der Waals surface area contributed by atoms with E-state index in [1.54, 1.807) is 48.5 Å². The molecule has 30 heavy (non-hydrogen) atoms. The van der Waals surface area contributed by atoms with Gasteiger partial charge in [-0.3, -0.25) is 4.79 Å². The van der Waals surface area contributed by atoms with E-state index >= 15 is 0 Å². The minimum absolute atomic E-state index is 0.129. The zero-order valence-electron chi connectivity index (χ0n) is 15.9. The monoisotopic (exact) mass is 406 g/mol. The molecule has 0 aliphatic rings. The molecule has 0 fully saturated rings. The lowest BCUT2D eigenvalue weighted by molar-refractivity contribution is -0.105. The molecule has 0 saturated heterocycles. The second kappa shape index (κ2) is 8.05. The average molecular weight is 406 g/mol. The summed E-state index contributed by atoms with van der Waals surface area (Å²) in [5, 5.41) is 15.1. The normalized spacial score (nSPS) is 10.7. The van der Waals surface area contributed by atoms with Crippen LogP contribution in [0.2, 0.25) is 0 Å². The van der Waals surface area contributed by atoms with Crippen LogP contribution >= 0.6 is 0 Å². The fourth-order valence-electron chi connectivity index (χ4n) is 3.14. The van der Waals surface area contributed by atoms with Crippen molar-refractivity contribution in [1.29, 1.82) is 0 Å². The number of anilines is 3. The Morgan fingerprint density at radius 3 is 2.70 bits per heavy atom. The van der Waals surface area contributed by atoms with Crippen LogP contribution in [0.25, 0.3) is 16.9 Å². The first-order valence-electron chi connectivity index (χ1n) is 8.98. The van der Waals surface area contributed by atoms with E-state index < -0.39 is 5.69 Å². The van der Waals surface area contributed by atoms with Crippen molar-refractivity contribution in [1.82, 2.24) is 19.5 Å². The second-order valence-corrected chi connectivity index (χ2v) is 6.23. The van der Waals surface area contributed by atoms with Gasteiger partial charge < -0.3 is 25.5 Å². The third-order valence-electron chi connectivity index (χ3n) is 4.49. The van der Waals surface area contributed by atoms with Gasteiger partial charge in [0.25, 0.3) is 0 Å². The van der Waals surface area contributed by atoms with Crippen molar-refractivity contribution in [2.24, 2.45) is 0 Å². The molecule has 10 nitrogen and oxygen atoms in total. The van der Waals surface area contributed by atoms with Gasteiger partial charge in [-0.25, -0.2) is 9.36 Å². The number of hydrogen-bond acceptors (Lipinski definition) is 7. The molecular formula is C20H18N6O4. The maximum atomic E-state index is 12.7. The highest BCUT2D eigenvalue weighted by Gasteiger charge is 2.19. The van der Waals surface area contributed by atoms with Gasteiger partial charge in [-0.2, -0.15) is 9.97 Å². The number of benzene rings is 2. The predicted octanol–water partition coefficient (Wildman–Crippen LogP) is 1.92. The number of ether oxygens (including phenoxy) is 1. The molecule has 0 radical (unpaired) electrons. The highest BCUT2D eigenvalue weighted by Crippen LogP contribution is 2.27. The maximum absolute atomic E-state index is 12.7. The lowest BCUT2D eigenvalue weighted by Gasteiger charge is -2.12. The highest BCUT2D eigenvalue weighted by molar-refractivity contribution is 5.90. The maximum Gasteiger partial charge on any atom is 0.332 e. The van der Waals surface area contributed by atoms with E-state index in [0.29, 0.717) is 29.1 Å². The first-order chi connectivity index (χ1) is 14.7. The van der Waals surface area contributed by atoms with Crippen LogP contribution in [0.3, 0.4) is 0 Å². The number of nitrogens with one attached hydrogen (secondary N) is 3. The Bertz CT molecular complexity index is 1280. The van der Waals surface area contributed by atoms with Gasteiger partial charge in [0.1, 0.15) is 11.3 Å². The first-order valence-corrected chi connectivity index (χ1v) is 8.98. The van der Waals surface area contributed by atoms with Crippen LogP contribution in [0.1, 0.15) is 5.56 Å². The van der Waals surface area contributed by atoms with Crippen LogP contribution in [0, 0.1) is 0 Å². The number of amides is 1. The summed E-state index contributed by atoms with van der Waals surface area (Å²) in [6.45, 7) is -0.180. The van der Waals surface area contributed by atoms with Crippen LogP contribution in [-0.4, -0.2) is 38.1 Å². The van der Waals surface area contributed by atoms with Crippen LogP contribution < -0.4 is 21.1 Å². The zero-order chi connectivity index (χ0) is 21.1. The number of imidazole rings is 1. The Hall–Kier alpha value is -4.18. The van der Waals surface area contributed by atoms with Crippen molar-refractivity contribution in [3.05, 3.63) is 64.6 Å². The van der Waals surface area contributed by atoms with Gasteiger partial charge in [0.15, 0.2) is 11.5 Å². The van der Waals surface area contributed by atoms with E-state index in [4.69, 9.17) is 4.74 Å². The number of para-hydroxylation sites is 3. The molecule has 0 aliphatic carbocycles. The summed E-state index contributed by atoms with van der Waals surface area (Å²) in [5.41, 5.74) is 1.76. The Morgan fingerprint density at radius 1 is 1.17 bits per heavy atom. The molecule has 152 valence electrons. The average Bonchev–Trinajstić information content (AvgIpc) is 3.10. The van der Waals surface area contributed by atoms with Gasteiger partial charge in [0.05, 0.1) is 19.4 Å². The van der Waals surface area contributed by atoms with Gasteiger partial charge >= 0.3 is 5.69 Å². The van der Waals surface area contributed by atoms with Gasteiger partial charge in [0.2, 0.25) is 12.4 Å². The van der Waals surface area contributed by atoms with E-state index in [2.05, 4.69) is 25.6 Å². The van der Waals surface area contributed by atoms with E-state index in [0.717, 1.165) is 0 Å². The fourth-order valence-corrected chi connectivity index (χ4v) is 3.14. The van der Waals surface area contributed by atoms with E-state index in [-0.39, 0.29) is 29.5 Å². The molecule has 2 heterocycles. The Kier molecular flexibility index (Phi) is 5.14. The van der Waals surface area contributed by atoms with Crippen LogP contribution in [0.15, 0.2) is 53.3 Å². The van der Waals surface area contributed by atoms with Crippen LogP contribution in [0.4, 0.5) is 17.5 Å². The molecule has 2 aromatic heterocycles. The molecule has 2 aromatic carbocycles. The van der Waals surface area contributed by atoms with Crippen molar-refractivity contribution >= 4 is 35.0 Å². The van der Waals surface area contributed by atoms with Crippen LogP contribution in [0.5, 0.6) is 5.75 Å². The van der Waals surface area contributed by atoms with E-state index in [9.17, 15) is 14.7 Å². The number of nitrogens with zero attached hydrogens (tertiary/aromatic N) is 3. The predicted molar refractivity (Wildman–Crippen MR) is 111 cm³/mol. The van der Waals surface area contributed by atoms with Crippen LogP contribution in [-0.2, 0) is 11.4 Å². The minimum Gasteiger partial charge on any atom is -0.495 e. The number of aromatic nitrogens is 4. The standard InChI is InChI=1S/C20H18N6O4/c1-30-15-9-5-4-8-14(15)26-18-16(23-20(26)29)17(21-11-28)24-19(25-18)22-13-7-3-2-6-12(13)10-27/h2-9,11,27H,10H2,1H3,(H,23,29)(H2,21,22,24,25,28). The molecule has 10 heteroatoms. The number of rotatable bonds is 7. The molecule has 0 unspecified atom stereocenters. The molecule has 0 spiro atoms. The number of aliphatic hydroxyl groups is 1. The fraction of sp³-hybridized carbons (Fsp3) is 0.100. The number of H-pyrrole nitrogens is 1. The summed E-state index contributed by atoms with van der Waals surface area (Å²) in [4.78, 5) is 35.3. The van der Waals surface area contributed by atoms with Crippen molar-refractivity contribution in [2.75, 3.05) is 17.7 Å². The third-order valence-corrected chi connectivity index (χ3v) is 4.49. The number of aromatic amines is 1. The molecule has 4 N–H and O–H groups in total. The number of carbonyl (C=O) groups is 1. The summed E-state index contributed by atoms with van der Waals surface area (Å²) >= 11 is 0. The largest absolute Gasteiger partial charge is 0.495 e. The van der Waals surface area contributed by atoms with Gasteiger partial charge in [-0.05, 0) is 18.2 Å². The number of hydrogen-bond donors (Lipinski definition) is 4. The molecule has 0 saturated carbocycles. The SMILES string of the molecule is COc1ccccc1-n1c(=O)[nH]c2c(NC=O)nc(Nc3ccccc3CO)nc21. The topological polar surface area (TPSA) is 134 Å². The molecule has 4 aromatic rings. The van der Waals surface area contributed by atoms with Crippen molar-refractivity contribution in [2.45, 2.75) is 6.61 Å². The third kappa shape index (κ3) is 3.35. The summed E-state index contributed by atoms with van der Waals surface area (Å²) < 4.78 is 6.72. The molecule has 4 rings (SSSR count). The summed E-state index contributed by atoms with van der Waals surface area (Å²) in [7, 11) is 1.51. The molecule has 0 bridgehead atoms. The Balaban J connectivity index is 1.94.